The van der Waals surface area contributed by atoms with Gasteiger partial charge in [0.15, 0.2) is 0 Å². The number of hydrogen-bond donors (Lipinski definition) is 1. The molecular weight excluding hydrogens is 294 g/mol. The summed E-state index contributed by atoms with van der Waals surface area (Å²) in [6.45, 7) is 1.96. The molecule has 118 valence electrons. The van der Waals surface area contributed by atoms with Crippen LogP contribution < -0.4 is 5.32 Å². The zero-order chi connectivity index (χ0) is 16.8. The maximum absolute atomic E-state index is 12.1. The minimum atomic E-state index is -0.343. The summed E-state index contributed by atoms with van der Waals surface area (Å²) in [5.41, 5.74) is 1.83. The largest absolute Gasteiger partial charge is 0.469 e. The molecule has 2 rings (SSSR count). The monoisotopic (exact) mass is 311 g/mol. The summed E-state index contributed by atoms with van der Waals surface area (Å²) in [6.07, 6.45) is 1.43. The van der Waals surface area contributed by atoms with Crippen molar-refractivity contribution in [3.8, 4) is 6.07 Å². The number of aryl methyl sites for hydroxylation is 1. The number of benzene rings is 1. The number of nitriles is 1. The zero-order valence-electron chi connectivity index (χ0n) is 13.0. The van der Waals surface area contributed by atoms with Crippen molar-refractivity contribution in [1.82, 2.24) is 10.2 Å². The van der Waals surface area contributed by atoms with Gasteiger partial charge in [0.05, 0.1) is 30.0 Å². The standard InChI is InChI=1S/C17H17N3O3/c1-12-15(6-7-23-12)17(22)19-10-16(21)20(2)11-14-5-3-4-13(8-14)9-18/h3-8H,10-11H2,1-2H3,(H,19,22). The van der Waals surface area contributed by atoms with Gasteiger partial charge in [0.25, 0.3) is 5.91 Å². The number of furan rings is 1. The van der Waals surface area contributed by atoms with Crippen LogP contribution in [0.5, 0.6) is 0 Å². The van der Waals surface area contributed by atoms with E-state index < -0.39 is 0 Å². The highest BCUT2D eigenvalue weighted by atomic mass is 16.3. The van der Waals surface area contributed by atoms with E-state index in [9.17, 15) is 9.59 Å². The van der Waals surface area contributed by atoms with Crippen LogP contribution in [-0.2, 0) is 11.3 Å². The number of carbonyl (C=O) groups is 2. The van der Waals surface area contributed by atoms with E-state index in [1.165, 1.54) is 11.2 Å². The van der Waals surface area contributed by atoms with Crippen LogP contribution in [0.3, 0.4) is 0 Å². The molecule has 1 aromatic heterocycles. The van der Waals surface area contributed by atoms with E-state index in [4.69, 9.17) is 9.68 Å². The number of rotatable bonds is 5. The molecule has 0 fully saturated rings. The van der Waals surface area contributed by atoms with Crippen LogP contribution in [0.2, 0.25) is 0 Å². The van der Waals surface area contributed by atoms with Gasteiger partial charge >= 0.3 is 0 Å². The van der Waals surface area contributed by atoms with Crippen molar-refractivity contribution in [3.63, 3.8) is 0 Å². The van der Waals surface area contributed by atoms with Gasteiger partial charge < -0.3 is 14.6 Å². The minimum Gasteiger partial charge on any atom is -0.469 e. The lowest BCUT2D eigenvalue weighted by atomic mass is 10.1. The van der Waals surface area contributed by atoms with Gasteiger partial charge in [-0.05, 0) is 30.7 Å². The lowest BCUT2D eigenvalue weighted by molar-refractivity contribution is -0.129. The Hall–Kier alpha value is -3.07. The fraction of sp³-hybridized carbons (Fsp3) is 0.235. The Morgan fingerprint density at radius 3 is 2.78 bits per heavy atom. The van der Waals surface area contributed by atoms with Crippen LogP contribution in [0.25, 0.3) is 0 Å². The molecule has 6 nitrogen and oxygen atoms in total. The molecule has 0 bridgehead atoms. The molecule has 0 spiro atoms. The molecule has 0 aliphatic rings. The quantitative estimate of drug-likeness (QED) is 0.913. The van der Waals surface area contributed by atoms with Crippen molar-refractivity contribution >= 4 is 11.8 Å². The maximum atomic E-state index is 12.1. The minimum absolute atomic E-state index is 0.0993. The Kier molecular flexibility index (Phi) is 5.15. The van der Waals surface area contributed by atoms with Crippen LogP contribution in [-0.4, -0.2) is 30.3 Å². The summed E-state index contributed by atoms with van der Waals surface area (Å²) in [4.78, 5) is 25.5. The van der Waals surface area contributed by atoms with Gasteiger partial charge in [-0.3, -0.25) is 9.59 Å². The third-order valence-corrected chi connectivity index (χ3v) is 3.41. The molecule has 6 heteroatoms. The summed E-state index contributed by atoms with van der Waals surface area (Å²) < 4.78 is 5.06. The van der Waals surface area contributed by atoms with Gasteiger partial charge in [-0.15, -0.1) is 0 Å². The van der Waals surface area contributed by atoms with Crippen molar-refractivity contribution in [2.24, 2.45) is 0 Å². The van der Waals surface area contributed by atoms with Crippen molar-refractivity contribution in [2.45, 2.75) is 13.5 Å². The van der Waals surface area contributed by atoms with Gasteiger partial charge in [0, 0.05) is 13.6 Å². The van der Waals surface area contributed by atoms with E-state index in [1.54, 1.807) is 38.2 Å². The summed E-state index contributed by atoms with van der Waals surface area (Å²) >= 11 is 0. The summed E-state index contributed by atoms with van der Waals surface area (Å²) in [5.74, 6) is -0.0528. The van der Waals surface area contributed by atoms with Crippen molar-refractivity contribution < 1.29 is 14.0 Å². The van der Waals surface area contributed by atoms with Crippen LogP contribution in [0.15, 0.2) is 41.0 Å². The number of likely N-dealkylation sites (N-methyl/N-ethyl adjacent to an activating group) is 1. The smallest absolute Gasteiger partial charge is 0.255 e. The van der Waals surface area contributed by atoms with E-state index in [0.717, 1.165) is 5.56 Å². The first kappa shape index (κ1) is 16.3. The fourth-order valence-corrected chi connectivity index (χ4v) is 2.11. The molecule has 0 saturated carbocycles. The first-order valence-corrected chi connectivity index (χ1v) is 7.06. The molecule has 0 unspecified atom stereocenters. The van der Waals surface area contributed by atoms with Crippen LogP contribution in [0.1, 0.15) is 27.2 Å². The van der Waals surface area contributed by atoms with Crippen molar-refractivity contribution in [1.29, 1.82) is 5.26 Å². The highest BCUT2D eigenvalue weighted by Gasteiger charge is 2.14. The molecule has 1 N–H and O–H groups in total. The molecular formula is C17H17N3O3. The lowest BCUT2D eigenvalue weighted by Gasteiger charge is -2.17. The topological polar surface area (TPSA) is 86.3 Å². The molecule has 0 aliphatic heterocycles. The van der Waals surface area contributed by atoms with E-state index in [0.29, 0.717) is 23.4 Å². The second kappa shape index (κ2) is 7.27. The fourth-order valence-electron chi connectivity index (χ4n) is 2.11. The second-order valence-corrected chi connectivity index (χ2v) is 5.14. The Morgan fingerprint density at radius 2 is 2.13 bits per heavy atom. The summed E-state index contributed by atoms with van der Waals surface area (Å²) in [6, 6.07) is 10.7. The van der Waals surface area contributed by atoms with E-state index >= 15 is 0 Å². The van der Waals surface area contributed by atoms with Gasteiger partial charge in [0.1, 0.15) is 5.76 Å². The Balaban J connectivity index is 1.89. The van der Waals surface area contributed by atoms with Gasteiger partial charge in [-0.2, -0.15) is 5.26 Å². The Morgan fingerprint density at radius 1 is 1.35 bits per heavy atom. The molecule has 2 aromatic rings. The molecule has 23 heavy (non-hydrogen) atoms. The van der Waals surface area contributed by atoms with Gasteiger partial charge in [-0.1, -0.05) is 12.1 Å². The molecule has 0 aliphatic carbocycles. The third kappa shape index (κ3) is 4.20. The average Bonchev–Trinajstić information content (AvgIpc) is 2.98. The van der Waals surface area contributed by atoms with Crippen molar-refractivity contribution in [2.75, 3.05) is 13.6 Å². The number of hydrogen-bond acceptors (Lipinski definition) is 4. The van der Waals surface area contributed by atoms with E-state index in [1.807, 2.05) is 6.07 Å². The summed E-state index contributed by atoms with van der Waals surface area (Å²) in [7, 11) is 1.65. The van der Waals surface area contributed by atoms with Crippen LogP contribution in [0.4, 0.5) is 0 Å². The van der Waals surface area contributed by atoms with Crippen LogP contribution >= 0.6 is 0 Å². The summed E-state index contributed by atoms with van der Waals surface area (Å²) in [5, 5.41) is 11.5. The first-order valence-electron chi connectivity index (χ1n) is 7.06. The maximum Gasteiger partial charge on any atom is 0.255 e. The zero-order valence-corrected chi connectivity index (χ0v) is 13.0. The third-order valence-electron chi connectivity index (χ3n) is 3.41. The average molecular weight is 311 g/mol. The highest BCUT2D eigenvalue weighted by molar-refractivity contribution is 5.97. The Labute approximate surface area is 134 Å². The second-order valence-electron chi connectivity index (χ2n) is 5.14. The lowest BCUT2D eigenvalue weighted by Crippen LogP contribution is -2.37. The van der Waals surface area contributed by atoms with Crippen LogP contribution in [0, 0.1) is 18.3 Å². The van der Waals surface area contributed by atoms with E-state index in [-0.39, 0.29) is 18.4 Å². The molecule has 1 aromatic carbocycles. The number of amides is 2. The molecule has 2 amide bonds. The Bertz CT molecular complexity index is 758. The SMILES string of the molecule is Cc1occc1C(=O)NCC(=O)N(C)Cc1cccc(C#N)c1. The van der Waals surface area contributed by atoms with Gasteiger partial charge in [0.2, 0.25) is 5.91 Å². The van der Waals surface area contributed by atoms with Gasteiger partial charge in [-0.25, -0.2) is 0 Å². The van der Waals surface area contributed by atoms with Crippen molar-refractivity contribution in [3.05, 3.63) is 59.0 Å². The van der Waals surface area contributed by atoms with E-state index in [2.05, 4.69) is 11.4 Å². The predicted octanol–water partition coefficient (Wildman–Crippen LogP) is 1.85. The number of nitrogens with zero attached hydrogens (tertiary/aromatic N) is 2. The molecule has 0 saturated heterocycles. The molecule has 1 heterocycles. The first-order chi connectivity index (χ1) is 11.0. The predicted molar refractivity (Wildman–Crippen MR) is 83.4 cm³/mol. The number of nitrogens with one attached hydrogen (secondary N) is 1. The normalized spacial score (nSPS) is 9.96. The molecule has 0 radical (unpaired) electrons. The molecule has 0 atom stereocenters. The number of carbonyl (C=O) groups excluding carboxylic acids is 2. The highest BCUT2D eigenvalue weighted by Crippen LogP contribution is 2.09.